The van der Waals surface area contributed by atoms with Gasteiger partial charge >= 0.3 is 5.97 Å². The van der Waals surface area contributed by atoms with E-state index in [1.165, 1.54) is 12.1 Å². The third kappa shape index (κ3) is 4.14. The number of rotatable bonds is 6. The van der Waals surface area contributed by atoms with Crippen LogP contribution in [0.1, 0.15) is 20.3 Å². The first-order valence-electron chi connectivity index (χ1n) is 7.44. The summed E-state index contributed by atoms with van der Waals surface area (Å²) in [6, 6.07) is 3.38. The Morgan fingerprint density at radius 2 is 2.13 bits per heavy atom. The number of fused-ring (bicyclic) bond motifs is 1. The molecule has 1 unspecified atom stereocenters. The van der Waals surface area contributed by atoms with Crippen LogP contribution in [0.25, 0.3) is 0 Å². The van der Waals surface area contributed by atoms with Gasteiger partial charge in [-0.1, -0.05) is 13.8 Å². The van der Waals surface area contributed by atoms with Gasteiger partial charge in [-0.2, -0.15) is 4.72 Å². The molecule has 2 rings (SSSR count). The molecule has 0 saturated carbocycles. The summed E-state index contributed by atoms with van der Waals surface area (Å²) < 4.78 is 32.7. The van der Waals surface area contributed by atoms with Crippen molar-refractivity contribution >= 4 is 21.7 Å². The van der Waals surface area contributed by atoms with Crippen LogP contribution < -0.4 is 14.4 Å². The second-order valence-corrected chi connectivity index (χ2v) is 7.76. The van der Waals surface area contributed by atoms with Crippen LogP contribution in [0.3, 0.4) is 0 Å². The summed E-state index contributed by atoms with van der Waals surface area (Å²) in [6.45, 7) is 4.89. The lowest BCUT2D eigenvalue weighted by molar-refractivity contribution is -0.139. The summed E-state index contributed by atoms with van der Waals surface area (Å²) in [4.78, 5) is 13.2. The Morgan fingerprint density at radius 3 is 2.74 bits per heavy atom. The van der Waals surface area contributed by atoms with Gasteiger partial charge in [0.25, 0.3) is 0 Å². The Hall–Kier alpha value is -1.80. The Balaban J connectivity index is 2.28. The predicted octanol–water partition coefficient (Wildman–Crippen LogP) is 1.29. The molecule has 0 radical (unpaired) electrons. The van der Waals surface area contributed by atoms with E-state index in [-0.39, 0.29) is 17.2 Å². The summed E-state index contributed by atoms with van der Waals surface area (Å²) >= 11 is 0. The highest BCUT2D eigenvalue weighted by atomic mass is 32.2. The van der Waals surface area contributed by atoms with Crippen LogP contribution in [0.4, 0.5) is 5.69 Å². The second kappa shape index (κ2) is 6.76. The number of anilines is 1. The fraction of sp³-hybridized carbons (Fsp3) is 0.533. The average Bonchev–Trinajstić information content (AvgIpc) is 2.46. The maximum atomic E-state index is 12.5. The molecule has 128 valence electrons. The van der Waals surface area contributed by atoms with Crippen molar-refractivity contribution in [3.8, 4) is 5.75 Å². The molecule has 1 heterocycles. The van der Waals surface area contributed by atoms with Crippen LogP contribution >= 0.6 is 0 Å². The Labute approximate surface area is 136 Å². The van der Waals surface area contributed by atoms with Gasteiger partial charge in [-0.05, 0) is 30.5 Å². The zero-order valence-electron chi connectivity index (χ0n) is 13.4. The van der Waals surface area contributed by atoms with E-state index in [2.05, 4.69) is 4.72 Å². The van der Waals surface area contributed by atoms with Gasteiger partial charge in [-0.15, -0.1) is 0 Å². The van der Waals surface area contributed by atoms with E-state index in [0.29, 0.717) is 24.6 Å². The molecule has 1 aliphatic rings. The van der Waals surface area contributed by atoms with Gasteiger partial charge in [0.05, 0.1) is 17.1 Å². The highest BCUT2D eigenvalue weighted by Crippen LogP contribution is 2.32. The molecule has 1 aromatic carbocycles. The monoisotopic (exact) mass is 342 g/mol. The molecular formula is C15H22N2O5S. The van der Waals surface area contributed by atoms with E-state index < -0.39 is 22.0 Å². The first kappa shape index (κ1) is 17.6. The molecule has 0 aliphatic carbocycles. The second-order valence-electron chi connectivity index (χ2n) is 6.04. The van der Waals surface area contributed by atoms with E-state index in [1.54, 1.807) is 6.07 Å². The van der Waals surface area contributed by atoms with Crippen molar-refractivity contribution < 1.29 is 23.1 Å². The van der Waals surface area contributed by atoms with Gasteiger partial charge in [0.2, 0.25) is 10.0 Å². The maximum Gasteiger partial charge on any atom is 0.321 e. The molecule has 7 nitrogen and oxygen atoms in total. The minimum atomic E-state index is -3.92. The zero-order chi connectivity index (χ0) is 17.2. The van der Waals surface area contributed by atoms with Gasteiger partial charge in [0.1, 0.15) is 18.4 Å². The maximum absolute atomic E-state index is 12.5. The van der Waals surface area contributed by atoms with Crippen molar-refractivity contribution in [1.29, 1.82) is 0 Å². The first-order valence-corrected chi connectivity index (χ1v) is 8.92. The quantitative estimate of drug-likeness (QED) is 0.809. The number of hydrogen-bond donors (Lipinski definition) is 2. The number of nitrogens with one attached hydrogen (secondary N) is 1. The van der Waals surface area contributed by atoms with Crippen LogP contribution in [0.15, 0.2) is 23.1 Å². The van der Waals surface area contributed by atoms with E-state index in [9.17, 15) is 18.3 Å². The van der Waals surface area contributed by atoms with Crippen molar-refractivity contribution in [3.05, 3.63) is 18.2 Å². The molecule has 8 heteroatoms. The molecule has 23 heavy (non-hydrogen) atoms. The molecule has 1 atom stereocenters. The van der Waals surface area contributed by atoms with Crippen LogP contribution in [-0.2, 0) is 14.8 Å². The molecule has 1 aromatic rings. The summed E-state index contributed by atoms with van der Waals surface area (Å²) in [5.74, 6) is -0.503. The lowest BCUT2D eigenvalue weighted by atomic mass is 10.1. The zero-order valence-corrected chi connectivity index (χ0v) is 14.3. The number of benzene rings is 1. The van der Waals surface area contributed by atoms with Gasteiger partial charge in [0.15, 0.2) is 0 Å². The number of nitrogens with zero attached hydrogens (tertiary/aromatic N) is 1. The summed E-state index contributed by atoms with van der Waals surface area (Å²) in [5, 5.41) is 9.21. The largest absolute Gasteiger partial charge is 0.490 e. The lowest BCUT2D eigenvalue weighted by Crippen LogP contribution is -2.41. The van der Waals surface area contributed by atoms with Crippen LogP contribution in [-0.4, -0.2) is 45.7 Å². The highest BCUT2D eigenvalue weighted by Gasteiger charge is 2.27. The molecule has 0 aromatic heterocycles. The number of carbonyl (C=O) groups is 1. The summed E-state index contributed by atoms with van der Waals surface area (Å²) in [6.07, 6.45) is 0.225. The molecule has 0 fully saturated rings. The average molecular weight is 342 g/mol. The highest BCUT2D eigenvalue weighted by molar-refractivity contribution is 7.89. The van der Waals surface area contributed by atoms with Crippen molar-refractivity contribution in [2.45, 2.75) is 31.2 Å². The number of carboxylic acids is 1. The van der Waals surface area contributed by atoms with Gasteiger partial charge in [0, 0.05) is 7.05 Å². The molecule has 0 bridgehead atoms. The van der Waals surface area contributed by atoms with E-state index in [1.807, 2.05) is 25.8 Å². The molecule has 0 amide bonds. The topological polar surface area (TPSA) is 95.9 Å². The van der Waals surface area contributed by atoms with Gasteiger partial charge in [-0.25, -0.2) is 8.42 Å². The number of ether oxygens (including phenoxy) is 1. The molecular weight excluding hydrogens is 320 g/mol. The van der Waals surface area contributed by atoms with Crippen molar-refractivity contribution in [2.24, 2.45) is 5.92 Å². The standard InChI is InChI=1S/C15H22N2O5S/c1-10(2)8-12(15(18)19)16-23(20,21)11-4-5-14-13(9-11)17(3)6-7-22-14/h4-5,9-10,12,16H,6-8H2,1-3H3,(H,18,19). The van der Waals surface area contributed by atoms with Crippen LogP contribution in [0.2, 0.25) is 0 Å². The van der Waals surface area contributed by atoms with Gasteiger partial charge in [-0.3, -0.25) is 4.79 Å². The molecule has 2 N–H and O–H groups in total. The van der Waals surface area contributed by atoms with E-state index in [0.717, 1.165) is 0 Å². The fourth-order valence-corrected chi connectivity index (χ4v) is 3.65. The summed E-state index contributed by atoms with van der Waals surface area (Å²) in [7, 11) is -2.07. The Kier molecular flexibility index (Phi) is 5.16. The minimum Gasteiger partial charge on any atom is -0.490 e. The number of aliphatic carboxylic acids is 1. The SMILES string of the molecule is CC(C)CC(NS(=O)(=O)c1ccc2c(c1)N(C)CCO2)C(=O)O. The summed E-state index contributed by atoms with van der Waals surface area (Å²) in [5.41, 5.74) is 0.676. The molecule has 0 spiro atoms. The third-order valence-corrected chi connectivity index (χ3v) is 5.11. The Morgan fingerprint density at radius 1 is 1.43 bits per heavy atom. The predicted molar refractivity (Wildman–Crippen MR) is 86.4 cm³/mol. The van der Waals surface area contributed by atoms with Gasteiger partial charge < -0.3 is 14.7 Å². The number of hydrogen-bond acceptors (Lipinski definition) is 5. The van der Waals surface area contributed by atoms with Crippen molar-refractivity contribution in [2.75, 3.05) is 25.1 Å². The van der Waals surface area contributed by atoms with Crippen molar-refractivity contribution in [3.63, 3.8) is 0 Å². The fourth-order valence-electron chi connectivity index (χ4n) is 2.42. The number of sulfonamides is 1. The third-order valence-electron chi connectivity index (χ3n) is 3.64. The number of likely N-dealkylation sites (N-methyl/N-ethyl adjacent to an activating group) is 1. The Bertz CT molecular complexity index is 687. The van der Waals surface area contributed by atoms with Crippen molar-refractivity contribution in [1.82, 2.24) is 4.72 Å². The minimum absolute atomic E-state index is 0.0311. The molecule has 0 saturated heterocycles. The van der Waals surface area contributed by atoms with E-state index >= 15 is 0 Å². The van der Waals surface area contributed by atoms with E-state index in [4.69, 9.17) is 4.74 Å². The number of carboxylic acid groups (broad SMARTS) is 1. The van der Waals surface area contributed by atoms with Crippen LogP contribution in [0, 0.1) is 5.92 Å². The van der Waals surface area contributed by atoms with Crippen LogP contribution in [0.5, 0.6) is 5.75 Å². The first-order chi connectivity index (χ1) is 10.7. The smallest absolute Gasteiger partial charge is 0.321 e. The molecule has 1 aliphatic heterocycles. The lowest BCUT2D eigenvalue weighted by Gasteiger charge is -2.28. The normalized spacial score (nSPS) is 15.9.